The van der Waals surface area contributed by atoms with Crippen molar-refractivity contribution >= 4 is 33.0 Å². The fraction of sp³-hybridized carbons (Fsp3) is 0.0714. The topological polar surface area (TPSA) is 38.4 Å². The highest BCUT2D eigenvalue weighted by atomic mass is 14.7. The Morgan fingerprint density at radius 3 is 1.78 bits per heavy atom. The summed E-state index contributed by atoms with van der Waals surface area (Å²) in [5, 5.41) is 4.88. The molecule has 0 aromatic heterocycles. The molecule has 0 heterocycles. The van der Waals surface area contributed by atoms with Gasteiger partial charge < -0.3 is 5.73 Å². The Kier molecular flexibility index (Phi) is 10.3. The van der Waals surface area contributed by atoms with Crippen LogP contribution in [0.15, 0.2) is 260 Å². The molecule has 2 aliphatic carbocycles. The van der Waals surface area contributed by atoms with E-state index < -0.39 is 5.41 Å². The number of hydrogen-bond donors (Lipinski definition) is 1. The Bertz CT molecular complexity index is 3920. The molecule has 0 unspecified atom stereocenters. The van der Waals surface area contributed by atoms with E-state index in [0.717, 1.165) is 38.7 Å². The maximum Gasteiger partial charge on any atom is 0.0713 e. The van der Waals surface area contributed by atoms with Gasteiger partial charge in [-0.3, -0.25) is 4.99 Å². The van der Waals surface area contributed by atoms with E-state index in [1.54, 1.807) is 0 Å². The molecule has 0 saturated heterocycles. The zero-order valence-electron chi connectivity index (χ0n) is 40.5. The summed E-state index contributed by atoms with van der Waals surface area (Å²) >= 11 is 0. The summed E-state index contributed by atoms with van der Waals surface area (Å²) in [5.41, 5.74) is 29.0. The lowest BCUT2D eigenvalue weighted by atomic mass is 9.67. The van der Waals surface area contributed by atoms with E-state index in [1.807, 2.05) is 0 Å². The van der Waals surface area contributed by atoms with Crippen LogP contribution in [-0.2, 0) is 17.4 Å². The van der Waals surface area contributed by atoms with Crippen molar-refractivity contribution in [3.8, 4) is 44.5 Å². The van der Waals surface area contributed by atoms with Gasteiger partial charge in [0.2, 0.25) is 0 Å². The first-order valence-corrected chi connectivity index (χ1v) is 25.1. The van der Waals surface area contributed by atoms with Gasteiger partial charge in [0, 0.05) is 22.2 Å². The van der Waals surface area contributed by atoms with Gasteiger partial charge >= 0.3 is 0 Å². The molecule has 2 nitrogen and oxygen atoms in total. The van der Waals surface area contributed by atoms with Crippen LogP contribution in [0, 0.1) is 0 Å². The van der Waals surface area contributed by atoms with Crippen LogP contribution < -0.4 is 5.73 Å². The van der Waals surface area contributed by atoms with Gasteiger partial charge in [-0.15, -0.1) is 0 Å². The molecule has 2 N–H and O–H groups in total. The molecule has 0 bridgehead atoms. The molecule has 0 amide bonds. The van der Waals surface area contributed by atoms with Gasteiger partial charge in [0.1, 0.15) is 0 Å². The van der Waals surface area contributed by atoms with Crippen molar-refractivity contribution < 1.29 is 0 Å². The first-order chi connectivity index (χ1) is 35.4. The Balaban J connectivity index is 0.899. The third kappa shape index (κ3) is 6.82. The van der Waals surface area contributed by atoms with Gasteiger partial charge in [-0.25, -0.2) is 0 Å². The molecule has 72 heavy (non-hydrogen) atoms. The molecule has 0 radical (unpaired) electrons. The highest BCUT2D eigenvalue weighted by Gasteiger charge is 2.47. The quantitative estimate of drug-likeness (QED) is 0.144. The molecule has 0 fully saturated rings. The zero-order valence-corrected chi connectivity index (χ0v) is 40.5. The Morgan fingerprint density at radius 1 is 0.431 bits per heavy atom. The van der Waals surface area contributed by atoms with E-state index in [1.165, 1.54) is 83.1 Å². The minimum Gasteiger partial charge on any atom is -0.398 e. The average Bonchev–Trinajstić information content (AvgIpc) is 3.88. The van der Waals surface area contributed by atoms with Crippen molar-refractivity contribution in [3.63, 3.8) is 0 Å². The summed E-state index contributed by atoms with van der Waals surface area (Å²) in [6.07, 6.45) is 2.11. The zero-order chi connectivity index (χ0) is 48.4. The summed E-state index contributed by atoms with van der Waals surface area (Å²) < 4.78 is 0. The van der Waals surface area contributed by atoms with E-state index >= 15 is 0 Å². The number of allylic oxidation sites excluding steroid dienone is 1. The highest BCUT2D eigenvalue weighted by Crippen LogP contribution is 2.57. The van der Waals surface area contributed by atoms with Crippen molar-refractivity contribution in [3.05, 3.63) is 305 Å². The number of nitrogens with two attached hydrogens (primary N) is 1. The lowest BCUT2D eigenvalue weighted by molar-refractivity contribution is 0.666. The number of aliphatic imine (C=N–C) groups is 1. The molecule has 2 aliphatic rings. The monoisotopic (exact) mass is 920 g/mol. The second-order valence-corrected chi connectivity index (χ2v) is 19.9. The standard InChI is InChI=1S/C70H52N2/c1-69(2)62-42-38-50(43-61(62)58-39-37-48-21-12-13-26-54(48)68(58)69)47-33-35-49(36-34-47)53-40-41-57(56-28-15-14-27-55(53)56)65(71)44-66(72-45-46-19-6-3-7-20-46)60-30-18-32-64-67(60)59-29-16-17-31-63(59)70(64,51-22-8-4-9-23-51)52-24-10-5-11-25-52/h3-44H,45,71H2,1-2H3/b65-44-,72-66?. The van der Waals surface area contributed by atoms with Crippen molar-refractivity contribution in [2.75, 3.05) is 0 Å². The van der Waals surface area contributed by atoms with E-state index in [-0.39, 0.29) is 5.41 Å². The van der Waals surface area contributed by atoms with Crippen molar-refractivity contribution in [1.29, 1.82) is 0 Å². The van der Waals surface area contributed by atoms with Crippen molar-refractivity contribution in [2.24, 2.45) is 10.7 Å². The van der Waals surface area contributed by atoms with Crippen LogP contribution in [-0.4, -0.2) is 5.71 Å². The highest BCUT2D eigenvalue weighted by molar-refractivity contribution is 6.18. The fourth-order valence-electron chi connectivity index (χ4n) is 12.3. The van der Waals surface area contributed by atoms with Crippen LogP contribution in [0.1, 0.15) is 63.9 Å². The van der Waals surface area contributed by atoms with Gasteiger partial charge in [0.25, 0.3) is 0 Å². The van der Waals surface area contributed by atoms with Crippen LogP contribution in [0.5, 0.6) is 0 Å². The molecule has 11 aromatic rings. The van der Waals surface area contributed by atoms with E-state index in [4.69, 9.17) is 10.7 Å². The van der Waals surface area contributed by atoms with Crippen molar-refractivity contribution in [2.45, 2.75) is 31.2 Å². The molecule has 0 aliphatic heterocycles. The lowest BCUT2D eigenvalue weighted by Gasteiger charge is -2.34. The minimum atomic E-state index is -0.533. The average molecular weight is 921 g/mol. The smallest absolute Gasteiger partial charge is 0.0713 e. The van der Waals surface area contributed by atoms with E-state index in [9.17, 15) is 0 Å². The normalized spacial score (nSPS) is 14.2. The number of benzene rings is 11. The molecule has 0 saturated carbocycles. The maximum absolute atomic E-state index is 7.41. The van der Waals surface area contributed by atoms with Crippen LogP contribution >= 0.6 is 0 Å². The molecule has 11 aromatic carbocycles. The van der Waals surface area contributed by atoms with Crippen LogP contribution in [0.2, 0.25) is 0 Å². The second-order valence-electron chi connectivity index (χ2n) is 19.9. The predicted molar refractivity (Wildman–Crippen MR) is 302 cm³/mol. The summed E-state index contributed by atoms with van der Waals surface area (Å²) in [5.74, 6) is 0. The fourth-order valence-corrected chi connectivity index (χ4v) is 12.3. The number of hydrogen-bond acceptors (Lipinski definition) is 2. The number of fused-ring (bicyclic) bond motifs is 9. The van der Waals surface area contributed by atoms with Gasteiger partial charge in [-0.2, -0.15) is 0 Å². The largest absolute Gasteiger partial charge is 0.398 e. The predicted octanol–water partition coefficient (Wildman–Crippen LogP) is 17.0. The second kappa shape index (κ2) is 17.2. The molecule has 2 heteroatoms. The first-order valence-electron chi connectivity index (χ1n) is 25.1. The number of rotatable bonds is 9. The van der Waals surface area contributed by atoms with Crippen molar-refractivity contribution in [1.82, 2.24) is 0 Å². The first kappa shape index (κ1) is 43.2. The Hall–Kier alpha value is -8.85. The van der Waals surface area contributed by atoms with Crippen LogP contribution in [0.4, 0.5) is 0 Å². The van der Waals surface area contributed by atoms with Crippen LogP contribution in [0.3, 0.4) is 0 Å². The third-order valence-electron chi connectivity index (χ3n) is 15.6. The molecule has 0 spiro atoms. The molecular weight excluding hydrogens is 869 g/mol. The maximum atomic E-state index is 7.41. The summed E-state index contributed by atoms with van der Waals surface area (Å²) in [6.45, 7) is 5.25. The molecule has 0 atom stereocenters. The Labute approximate surface area is 422 Å². The lowest BCUT2D eigenvalue weighted by Crippen LogP contribution is -2.28. The van der Waals surface area contributed by atoms with Gasteiger partial charge in [0.15, 0.2) is 0 Å². The summed E-state index contributed by atoms with van der Waals surface area (Å²) in [4.78, 5) is 5.46. The van der Waals surface area contributed by atoms with E-state index in [0.29, 0.717) is 12.2 Å². The summed E-state index contributed by atoms with van der Waals surface area (Å²) in [7, 11) is 0. The van der Waals surface area contributed by atoms with Gasteiger partial charge in [-0.1, -0.05) is 257 Å². The van der Waals surface area contributed by atoms with Gasteiger partial charge in [-0.05, 0) is 117 Å². The molecular formula is C70H52N2. The molecule has 13 rings (SSSR count). The Morgan fingerprint density at radius 2 is 1.03 bits per heavy atom. The number of nitrogens with zero attached hydrogens (tertiary/aromatic N) is 1. The van der Waals surface area contributed by atoms with Gasteiger partial charge in [0.05, 0.1) is 17.7 Å². The summed E-state index contributed by atoms with van der Waals surface area (Å²) in [6, 6.07) is 90.6. The SMILES string of the molecule is CC1(C)c2ccc(-c3ccc(-c4ccc(/C(N)=C/C(=NCc5ccccc5)c5cccc6c5-c5ccccc5C6(c5ccccc5)c5ccccc5)c5ccccc45)cc3)cc2-c2ccc3ccccc3c21. The molecule has 342 valence electrons. The van der Waals surface area contributed by atoms with E-state index in [2.05, 4.69) is 269 Å². The van der Waals surface area contributed by atoms with Crippen LogP contribution in [0.25, 0.3) is 71.7 Å². The third-order valence-corrected chi connectivity index (χ3v) is 15.6. The minimum absolute atomic E-state index is 0.0812.